The summed E-state index contributed by atoms with van der Waals surface area (Å²) in [7, 11) is 3.32. The van der Waals surface area contributed by atoms with E-state index >= 15 is 0 Å². The Labute approximate surface area is 244 Å². The van der Waals surface area contributed by atoms with Gasteiger partial charge >= 0.3 is 5.97 Å². The third-order valence-corrected chi connectivity index (χ3v) is 7.75. The van der Waals surface area contributed by atoms with Crippen molar-refractivity contribution in [3.05, 3.63) is 65.6 Å². The molecule has 1 amide bonds. The Morgan fingerprint density at radius 3 is 2.48 bits per heavy atom. The fraction of sp³-hybridized carbons (Fsp3) is 0.452. The molecule has 1 atom stereocenters. The van der Waals surface area contributed by atoms with Gasteiger partial charge in [-0.05, 0) is 87.4 Å². The van der Waals surface area contributed by atoms with Crippen LogP contribution in [0.15, 0.2) is 48.8 Å². The number of ether oxygens (including phenoxy) is 1. The van der Waals surface area contributed by atoms with Gasteiger partial charge < -0.3 is 20.1 Å². The van der Waals surface area contributed by atoms with Crippen LogP contribution in [0.4, 0.5) is 20.4 Å². The van der Waals surface area contributed by atoms with E-state index in [4.69, 9.17) is 4.74 Å². The number of hydrogen-bond donors (Lipinski definition) is 2. The fourth-order valence-electron chi connectivity index (χ4n) is 5.19. The molecule has 0 aromatic carbocycles. The van der Waals surface area contributed by atoms with Crippen molar-refractivity contribution in [3.63, 3.8) is 0 Å². The van der Waals surface area contributed by atoms with Gasteiger partial charge in [-0.2, -0.15) is 0 Å². The zero-order valence-electron chi connectivity index (χ0n) is 24.3. The van der Waals surface area contributed by atoms with E-state index in [-0.39, 0.29) is 48.1 Å². The third-order valence-electron chi connectivity index (χ3n) is 7.75. The number of amides is 1. The van der Waals surface area contributed by atoms with E-state index in [0.717, 1.165) is 11.1 Å². The maximum Gasteiger partial charge on any atom is 0.308 e. The molecule has 1 fully saturated rings. The third kappa shape index (κ3) is 7.64. The van der Waals surface area contributed by atoms with Gasteiger partial charge in [0.25, 0.3) is 6.43 Å². The van der Waals surface area contributed by atoms with Crippen LogP contribution in [0.2, 0.25) is 0 Å². The smallest absolute Gasteiger partial charge is 0.308 e. The first kappa shape index (κ1) is 31.0. The molecular weight excluding hydrogens is 544 g/mol. The number of aliphatic hydroxyl groups is 1. The van der Waals surface area contributed by atoms with Crippen molar-refractivity contribution in [1.82, 2.24) is 19.9 Å². The zero-order valence-corrected chi connectivity index (χ0v) is 24.3. The Bertz CT molecular complexity index is 1390. The lowest BCUT2D eigenvalue weighted by Gasteiger charge is -2.37. The van der Waals surface area contributed by atoms with Crippen LogP contribution in [-0.2, 0) is 19.9 Å². The van der Waals surface area contributed by atoms with E-state index in [9.17, 15) is 23.5 Å². The highest BCUT2D eigenvalue weighted by molar-refractivity contribution is 5.76. The molecule has 1 aliphatic rings. The number of carbonyl (C=O) groups excluding carboxylic acids is 2. The number of carbonyl (C=O) groups is 2. The van der Waals surface area contributed by atoms with Crippen LogP contribution in [0.3, 0.4) is 0 Å². The summed E-state index contributed by atoms with van der Waals surface area (Å²) in [6.07, 6.45) is 3.01. The molecule has 0 unspecified atom stereocenters. The van der Waals surface area contributed by atoms with Gasteiger partial charge in [0.05, 0.1) is 23.7 Å². The molecule has 224 valence electrons. The van der Waals surface area contributed by atoms with Crippen molar-refractivity contribution in [2.75, 3.05) is 26.0 Å². The van der Waals surface area contributed by atoms with Crippen LogP contribution in [-0.4, -0.2) is 57.5 Å². The first-order valence-corrected chi connectivity index (χ1v) is 14.0. The van der Waals surface area contributed by atoms with E-state index in [1.54, 1.807) is 39.3 Å². The van der Waals surface area contributed by atoms with Crippen molar-refractivity contribution >= 4 is 23.5 Å². The second-order valence-corrected chi connectivity index (χ2v) is 11.1. The quantitative estimate of drug-likeness (QED) is 0.299. The molecule has 0 saturated heterocycles. The molecule has 2 N–H and O–H groups in total. The van der Waals surface area contributed by atoms with Crippen LogP contribution < -0.4 is 5.32 Å². The minimum Gasteiger partial charge on any atom is -0.465 e. The second-order valence-electron chi connectivity index (χ2n) is 11.1. The lowest BCUT2D eigenvalue weighted by atomic mass is 9.73. The zero-order chi connectivity index (χ0) is 30.4. The molecule has 3 aromatic heterocycles. The van der Waals surface area contributed by atoms with Crippen molar-refractivity contribution < 1.29 is 28.2 Å². The summed E-state index contributed by atoms with van der Waals surface area (Å²) in [4.78, 5) is 38.9. The van der Waals surface area contributed by atoms with Crippen LogP contribution >= 0.6 is 0 Å². The highest BCUT2D eigenvalue weighted by atomic mass is 19.3. The molecule has 0 bridgehead atoms. The number of esters is 1. The second kappa shape index (κ2) is 13.3. The van der Waals surface area contributed by atoms with E-state index in [1.807, 2.05) is 19.1 Å². The highest BCUT2D eigenvalue weighted by Gasteiger charge is 2.39. The first-order chi connectivity index (χ1) is 19.9. The van der Waals surface area contributed by atoms with Gasteiger partial charge in [0, 0.05) is 37.6 Å². The van der Waals surface area contributed by atoms with Gasteiger partial charge in [-0.1, -0.05) is 0 Å². The van der Waals surface area contributed by atoms with Gasteiger partial charge in [0.15, 0.2) is 0 Å². The first-order valence-electron chi connectivity index (χ1n) is 14.0. The molecule has 11 heteroatoms. The number of aromatic nitrogens is 3. The largest absolute Gasteiger partial charge is 0.465 e. The van der Waals surface area contributed by atoms with Crippen molar-refractivity contribution in [1.29, 1.82) is 0 Å². The van der Waals surface area contributed by atoms with Gasteiger partial charge in [0.2, 0.25) is 5.91 Å². The Balaban J connectivity index is 1.38. The average molecular weight is 582 g/mol. The van der Waals surface area contributed by atoms with Crippen LogP contribution in [0.25, 0.3) is 11.3 Å². The van der Waals surface area contributed by atoms with Crippen molar-refractivity contribution in [3.8, 4) is 11.3 Å². The predicted octanol–water partition coefficient (Wildman–Crippen LogP) is 5.56. The molecule has 1 aliphatic carbocycles. The summed E-state index contributed by atoms with van der Waals surface area (Å²) in [5.74, 6) is 0.0127. The minimum absolute atomic E-state index is 0.0693. The summed E-state index contributed by atoms with van der Waals surface area (Å²) < 4.78 is 31.5. The number of halogens is 2. The van der Waals surface area contributed by atoms with Crippen LogP contribution in [0.1, 0.15) is 62.3 Å². The standard InChI is InChI=1S/C31H37F2N5O4/c1-19-15-24(36-27(16-19)37-26-17-21(29(32)33)11-13-34-26)22-7-10-25(35-18-22)31(2,41)23-8-5-20(6-9-23)30(40)42-14-12-28(39)38(3)4/h7,10-11,13,15-18,20,23,29,41H,5-6,8-9,12,14H2,1-4H3,(H,34,36,37)/t20?,23?,31-/m1/s1. The summed E-state index contributed by atoms with van der Waals surface area (Å²) in [6.45, 7) is 3.72. The molecule has 42 heavy (non-hydrogen) atoms. The maximum absolute atomic E-state index is 13.1. The van der Waals surface area contributed by atoms with E-state index in [1.165, 1.54) is 23.2 Å². The summed E-state index contributed by atoms with van der Waals surface area (Å²) in [6, 6.07) is 9.86. The number of rotatable bonds is 10. The van der Waals surface area contributed by atoms with Gasteiger partial charge in [-0.15, -0.1) is 0 Å². The van der Waals surface area contributed by atoms with E-state index in [0.29, 0.717) is 42.9 Å². The molecule has 0 radical (unpaired) electrons. The lowest BCUT2D eigenvalue weighted by Crippen LogP contribution is -2.37. The average Bonchev–Trinajstić information content (AvgIpc) is 2.97. The van der Waals surface area contributed by atoms with E-state index < -0.39 is 12.0 Å². The highest BCUT2D eigenvalue weighted by Crippen LogP contribution is 2.41. The van der Waals surface area contributed by atoms with Crippen molar-refractivity contribution in [2.24, 2.45) is 11.8 Å². The Morgan fingerprint density at radius 1 is 1.10 bits per heavy atom. The molecular formula is C31H37F2N5O4. The molecule has 0 aliphatic heterocycles. The van der Waals surface area contributed by atoms with Gasteiger partial charge in [-0.3, -0.25) is 14.6 Å². The monoisotopic (exact) mass is 581 g/mol. The molecule has 4 rings (SSSR count). The normalized spacial score (nSPS) is 18.3. The number of alkyl halides is 2. The number of pyridine rings is 3. The molecule has 3 heterocycles. The fourth-order valence-corrected chi connectivity index (χ4v) is 5.19. The number of nitrogens with one attached hydrogen (secondary N) is 1. The predicted molar refractivity (Wildman–Crippen MR) is 154 cm³/mol. The Kier molecular flexibility index (Phi) is 9.82. The molecule has 3 aromatic rings. The number of nitrogens with zero attached hydrogens (tertiary/aromatic N) is 4. The Hall–Kier alpha value is -3.99. The molecule has 0 spiro atoms. The summed E-state index contributed by atoms with van der Waals surface area (Å²) in [5, 5.41) is 14.5. The topological polar surface area (TPSA) is 118 Å². The van der Waals surface area contributed by atoms with Gasteiger partial charge in [0.1, 0.15) is 23.8 Å². The molecule has 9 nitrogen and oxygen atoms in total. The number of hydrogen-bond acceptors (Lipinski definition) is 8. The lowest BCUT2D eigenvalue weighted by molar-refractivity contribution is -0.152. The summed E-state index contributed by atoms with van der Waals surface area (Å²) >= 11 is 0. The number of aryl methyl sites for hydroxylation is 1. The van der Waals surface area contributed by atoms with Crippen LogP contribution in [0.5, 0.6) is 0 Å². The summed E-state index contributed by atoms with van der Waals surface area (Å²) in [5.41, 5.74) is 1.47. The Morgan fingerprint density at radius 2 is 1.83 bits per heavy atom. The van der Waals surface area contributed by atoms with Crippen LogP contribution in [0, 0.1) is 18.8 Å². The molecule has 1 saturated carbocycles. The van der Waals surface area contributed by atoms with Crippen molar-refractivity contribution in [2.45, 2.75) is 58.0 Å². The maximum atomic E-state index is 13.1. The number of anilines is 2. The van der Waals surface area contributed by atoms with Gasteiger partial charge in [-0.25, -0.2) is 18.7 Å². The minimum atomic E-state index is -2.60. The van der Waals surface area contributed by atoms with E-state index in [2.05, 4.69) is 20.3 Å². The SMILES string of the molecule is Cc1cc(Nc2cc(C(F)F)ccn2)nc(-c2ccc([C@](C)(O)C3CCC(C(=O)OCCC(=O)N(C)C)CC3)nc2)c1.